The zero-order valence-electron chi connectivity index (χ0n) is 12.3. The lowest BCUT2D eigenvalue weighted by Gasteiger charge is -2.24. The van der Waals surface area contributed by atoms with Gasteiger partial charge in [0.1, 0.15) is 11.8 Å². The van der Waals surface area contributed by atoms with Crippen molar-refractivity contribution in [1.29, 1.82) is 0 Å². The molecular formula is C15H19ClN2O4. The molecule has 0 saturated carbocycles. The molecule has 1 aromatic carbocycles. The summed E-state index contributed by atoms with van der Waals surface area (Å²) in [6, 6.07) is 4.30. The van der Waals surface area contributed by atoms with Crippen LogP contribution in [0.25, 0.3) is 0 Å². The number of carbonyl (C=O) groups is 2. The minimum Gasteiger partial charge on any atom is -0.496 e. The van der Waals surface area contributed by atoms with Crippen molar-refractivity contribution in [2.24, 2.45) is 0 Å². The molecule has 0 bridgehead atoms. The highest BCUT2D eigenvalue weighted by Crippen LogP contribution is 2.27. The van der Waals surface area contributed by atoms with E-state index in [2.05, 4.69) is 5.32 Å². The maximum atomic E-state index is 12.7. The van der Waals surface area contributed by atoms with Gasteiger partial charge < -0.3 is 20.1 Å². The van der Waals surface area contributed by atoms with Crippen molar-refractivity contribution < 1.29 is 19.4 Å². The quantitative estimate of drug-likeness (QED) is 0.848. The molecule has 0 spiro atoms. The van der Waals surface area contributed by atoms with Crippen LogP contribution in [0.4, 0.5) is 0 Å². The van der Waals surface area contributed by atoms with Gasteiger partial charge in [0.25, 0.3) is 5.91 Å². The molecule has 0 radical (unpaired) electrons. The Morgan fingerprint density at radius 3 is 2.95 bits per heavy atom. The van der Waals surface area contributed by atoms with Crippen LogP contribution in [0, 0.1) is 0 Å². The summed E-state index contributed by atoms with van der Waals surface area (Å²) in [5.74, 6) is -0.0993. The van der Waals surface area contributed by atoms with Crippen molar-refractivity contribution in [2.75, 3.05) is 26.8 Å². The zero-order chi connectivity index (χ0) is 16.1. The number of benzene rings is 1. The lowest BCUT2D eigenvalue weighted by molar-refractivity contribution is -0.125. The first-order valence-electron chi connectivity index (χ1n) is 7.11. The summed E-state index contributed by atoms with van der Waals surface area (Å²) in [7, 11) is 1.48. The predicted octanol–water partition coefficient (Wildman–Crippen LogP) is 1.06. The largest absolute Gasteiger partial charge is 0.496 e. The van der Waals surface area contributed by atoms with Crippen LogP contribution in [0.1, 0.15) is 23.2 Å². The van der Waals surface area contributed by atoms with E-state index < -0.39 is 6.04 Å². The van der Waals surface area contributed by atoms with Crippen LogP contribution in [0.5, 0.6) is 5.75 Å². The summed E-state index contributed by atoms with van der Waals surface area (Å²) >= 11 is 5.96. The maximum absolute atomic E-state index is 12.7. The molecule has 2 rings (SSSR count). The summed E-state index contributed by atoms with van der Waals surface area (Å²) in [5, 5.41) is 11.8. The van der Waals surface area contributed by atoms with Gasteiger partial charge in [-0.2, -0.15) is 0 Å². The van der Waals surface area contributed by atoms with Crippen LogP contribution in [-0.4, -0.2) is 54.7 Å². The van der Waals surface area contributed by atoms with Gasteiger partial charge in [-0.05, 0) is 31.0 Å². The fraction of sp³-hybridized carbons (Fsp3) is 0.467. The van der Waals surface area contributed by atoms with Crippen LogP contribution in [0.2, 0.25) is 5.02 Å². The molecule has 1 fully saturated rings. The Bertz CT molecular complexity index is 564. The summed E-state index contributed by atoms with van der Waals surface area (Å²) in [5.41, 5.74) is 0.344. The number of rotatable bonds is 5. The second kappa shape index (κ2) is 7.47. The summed E-state index contributed by atoms with van der Waals surface area (Å²) in [4.78, 5) is 26.4. The molecule has 1 atom stereocenters. The minimum atomic E-state index is -0.525. The van der Waals surface area contributed by atoms with E-state index in [1.54, 1.807) is 18.2 Å². The van der Waals surface area contributed by atoms with Gasteiger partial charge in [-0.3, -0.25) is 9.59 Å². The van der Waals surface area contributed by atoms with Crippen molar-refractivity contribution in [2.45, 2.75) is 18.9 Å². The number of carbonyl (C=O) groups excluding carboxylic acids is 2. The van der Waals surface area contributed by atoms with Crippen molar-refractivity contribution in [3.63, 3.8) is 0 Å². The molecule has 22 heavy (non-hydrogen) atoms. The van der Waals surface area contributed by atoms with Gasteiger partial charge in [0.2, 0.25) is 5.91 Å². The second-order valence-corrected chi connectivity index (χ2v) is 5.45. The molecule has 7 heteroatoms. The third-order valence-corrected chi connectivity index (χ3v) is 3.85. The molecule has 2 N–H and O–H groups in total. The number of amides is 2. The van der Waals surface area contributed by atoms with Crippen LogP contribution in [-0.2, 0) is 4.79 Å². The standard InChI is InChI=1S/C15H19ClN2O4/c1-22-13-5-4-10(16)9-11(13)15(21)18-7-2-3-12(18)14(20)17-6-8-19/h4-5,9,12,19H,2-3,6-8H2,1H3,(H,17,20). The first-order chi connectivity index (χ1) is 10.6. The number of aliphatic hydroxyl groups excluding tert-OH is 1. The fourth-order valence-corrected chi connectivity index (χ4v) is 2.75. The highest BCUT2D eigenvalue weighted by molar-refractivity contribution is 6.31. The van der Waals surface area contributed by atoms with Gasteiger partial charge in [0.05, 0.1) is 19.3 Å². The molecule has 0 aliphatic carbocycles. The lowest BCUT2D eigenvalue weighted by Crippen LogP contribution is -2.46. The van der Waals surface area contributed by atoms with E-state index in [4.69, 9.17) is 21.4 Å². The van der Waals surface area contributed by atoms with Crippen LogP contribution < -0.4 is 10.1 Å². The topological polar surface area (TPSA) is 78.9 Å². The maximum Gasteiger partial charge on any atom is 0.258 e. The van der Waals surface area contributed by atoms with E-state index in [0.717, 1.165) is 6.42 Å². The van der Waals surface area contributed by atoms with Gasteiger partial charge in [-0.1, -0.05) is 11.6 Å². The molecule has 1 aromatic rings. The van der Waals surface area contributed by atoms with E-state index in [1.165, 1.54) is 12.0 Å². The van der Waals surface area contributed by atoms with Crippen molar-refractivity contribution in [1.82, 2.24) is 10.2 Å². The lowest BCUT2D eigenvalue weighted by atomic mass is 10.1. The number of halogens is 1. The van der Waals surface area contributed by atoms with E-state index >= 15 is 0 Å². The average molecular weight is 327 g/mol. The molecule has 1 saturated heterocycles. The van der Waals surface area contributed by atoms with Gasteiger partial charge in [0, 0.05) is 18.1 Å². The smallest absolute Gasteiger partial charge is 0.258 e. The van der Waals surface area contributed by atoms with Crippen LogP contribution in [0.15, 0.2) is 18.2 Å². The number of hydrogen-bond donors (Lipinski definition) is 2. The van der Waals surface area contributed by atoms with E-state index in [0.29, 0.717) is 29.3 Å². The van der Waals surface area contributed by atoms with E-state index in [9.17, 15) is 9.59 Å². The number of nitrogens with one attached hydrogen (secondary N) is 1. The first kappa shape index (κ1) is 16.6. The molecule has 6 nitrogen and oxygen atoms in total. The SMILES string of the molecule is COc1ccc(Cl)cc1C(=O)N1CCCC1C(=O)NCCO. The first-order valence-corrected chi connectivity index (χ1v) is 7.49. The number of hydrogen-bond acceptors (Lipinski definition) is 4. The molecular weight excluding hydrogens is 308 g/mol. The Balaban J connectivity index is 2.21. The number of ether oxygens (including phenoxy) is 1. The average Bonchev–Trinajstić information content (AvgIpc) is 3.01. The molecule has 0 aromatic heterocycles. The Morgan fingerprint density at radius 1 is 1.50 bits per heavy atom. The van der Waals surface area contributed by atoms with Crippen molar-refractivity contribution in [3.05, 3.63) is 28.8 Å². The van der Waals surface area contributed by atoms with E-state index in [-0.39, 0.29) is 25.0 Å². The molecule has 1 aliphatic heterocycles. The Kier molecular flexibility index (Phi) is 5.63. The Labute approximate surface area is 134 Å². The molecule has 1 aliphatic rings. The number of likely N-dealkylation sites (tertiary alicyclic amines) is 1. The fourth-order valence-electron chi connectivity index (χ4n) is 2.58. The third kappa shape index (κ3) is 3.51. The van der Waals surface area contributed by atoms with Crippen molar-refractivity contribution >= 4 is 23.4 Å². The summed E-state index contributed by atoms with van der Waals surface area (Å²) in [6.45, 7) is 0.554. The molecule has 1 heterocycles. The third-order valence-electron chi connectivity index (χ3n) is 3.62. The van der Waals surface area contributed by atoms with Crippen molar-refractivity contribution in [3.8, 4) is 5.75 Å². The molecule has 120 valence electrons. The van der Waals surface area contributed by atoms with E-state index in [1.807, 2.05) is 0 Å². The number of aliphatic hydroxyl groups is 1. The van der Waals surface area contributed by atoms with Gasteiger partial charge in [-0.25, -0.2) is 0 Å². The normalized spacial score (nSPS) is 17.4. The van der Waals surface area contributed by atoms with Crippen LogP contribution >= 0.6 is 11.6 Å². The number of nitrogens with zero attached hydrogens (tertiary/aromatic N) is 1. The second-order valence-electron chi connectivity index (χ2n) is 5.02. The molecule has 2 amide bonds. The van der Waals surface area contributed by atoms with Gasteiger partial charge in [0.15, 0.2) is 0 Å². The summed E-state index contributed by atoms with van der Waals surface area (Å²) in [6.07, 6.45) is 1.36. The van der Waals surface area contributed by atoms with Crippen LogP contribution in [0.3, 0.4) is 0 Å². The predicted molar refractivity (Wildman–Crippen MR) is 82.2 cm³/mol. The Hall–Kier alpha value is -1.79. The minimum absolute atomic E-state index is 0.130. The summed E-state index contributed by atoms with van der Waals surface area (Å²) < 4.78 is 5.20. The monoisotopic (exact) mass is 326 g/mol. The number of methoxy groups -OCH3 is 1. The molecule has 1 unspecified atom stereocenters. The van der Waals surface area contributed by atoms with Gasteiger partial charge in [-0.15, -0.1) is 0 Å². The van der Waals surface area contributed by atoms with Gasteiger partial charge >= 0.3 is 0 Å². The highest BCUT2D eigenvalue weighted by atomic mass is 35.5. The zero-order valence-corrected chi connectivity index (χ0v) is 13.1. The highest BCUT2D eigenvalue weighted by Gasteiger charge is 2.35. The Morgan fingerprint density at radius 2 is 2.27 bits per heavy atom.